The molecule has 2 saturated heterocycles. The second kappa shape index (κ2) is 6.27. The van der Waals surface area contributed by atoms with Crippen LogP contribution in [0.25, 0.3) is 0 Å². The summed E-state index contributed by atoms with van der Waals surface area (Å²) in [4.78, 5) is 13.6. The molecule has 108 valence electrons. The second-order valence-corrected chi connectivity index (χ2v) is 5.80. The minimum absolute atomic E-state index is 0.156. The van der Waals surface area contributed by atoms with Gasteiger partial charge in [0.15, 0.2) is 0 Å². The van der Waals surface area contributed by atoms with Gasteiger partial charge in [0, 0.05) is 44.3 Å². The fraction of sp³-hybridized carbons (Fsp3) is 0.562. The normalized spacial score (nSPS) is 22.9. The number of hydrogen-bond donors (Lipinski definition) is 2. The van der Waals surface area contributed by atoms with Gasteiger partial charge in [-0.3, -0.25) is 4.79 Å². The van der Waals surface area contributed by atoms with Crippen LogP contribution in [0.4, 0.5) is 5.69 Å². The molecule has 1 atom stereocenters. The van der Waals surface area contributed by atoms with Gasteiger partial charge in [-0.15, -0.1) is 0 Å². The molecule has 4 heteroatoms. The van der Waals surface area contributed by atoms with E-state index in [9.17, 15) is 4.79 Å². The molecule has 0 aliphatic carbocycles. The highest BCUT2D eigenvalue weighted by atomic mass is 16.1. The first-order chi connectivity index (χ1) is 9.81. The molecular weight excluding hydrogens is 250 g/mol. The fourth-order valence-electron chi connectivity index (χ4n) is 2.99. The van der Waals surface area contributed by atoms with E-state index in [2.05, 4.69) is 39.8 Å². The molecule has 1 aromatic rings. The maximum atomic E-state index is 11.1. The Bertz CT molecular complexity index is 451. The molecule has 2 heterocycles. The van der Waals surface area contributed by atoms with Crippen molar-refractivity contribution in [3.63, 3.8) is 0 Å². The summed E-state index contributed by atoms with van der Waals surface area (Å²) in [5.74, 6) is 0.156. The van der Waals surface area contributed by atoms with Crippen LogP contribution >= 0.6 is 0 Å². The highest BCUT2D eigenvalue weighted by molar-refractivity contribution is 5.78. The Morgan fingerprint density at radius 3 is 2.55 bits per heavy atom. The third-order valence-corrected chi connectivity index (χ3v) is 4.23. The van der Waals surface area contributed by atoms with Crippen molar-refractivity contribution >= 4 is 11.6 Å². The Hall–Kier alpha value is -1.55. The molecule has 1 aromatic carbocycles. The van der Waals surface area contributed by atoms with E-state index in [1.165, 1.54) is 43.6 Å². The Morgan fingerprint density at radius 2 is 1.90 bits per heavy atom. The number of anilines is 1. The van der Waals surface area contributed by atoms with E-state index in [0.717, 1.165) is 13.1 Å². The minimum Gasteiger partial charge on any atom is -0.372 e. The molecule has 0 bridgehead atoms. The standard InChI is InChI=1S/C16H23N3O/c20-16-10-14(12-18-16)17-11-13-4-6-15(7-5-13)19-8-2-1-3-9-19/h4-7,14,17H,1-3,8-12H2,(H,18,20). The summed E-state index contributed by atoms with van der Waals surface area (Å²) in [6.45, 7) is 3.96. The van der Waals surface area contributed by atoms with Gasteiger partial charge in [0.2, 0.25) is 5.91 Å². The fourth-order valence-corrected chi connectivity index (χ4v) is 2.99. The Kier molecular flexibility index (Phi) is 4.21. The predicted octanol–water partition coefficient (Wildman–Crippen LogP) is 1.65. The molecule has 2 N–H and O–H groups in total. The SMILES string of the molecule is O=C1CC(NCc2ccc(N3CCCCC3)cc2)CN1. The molecule has 1 unspecified atom stereocenters. The van der Waals surface area contributed by atoms with Crippen LogP contribution in [0.3, 0.4) is 0 Å². The van der Waals surface area contributed by atoms with Crippen molar-refractivity contribution in [2.75, 3.05) is 24.5 Å². The van der Waals surface area contributed by atoms with Gasteiger partial charge in [-0.2, -0.15) is 0 Å². The van der Waals surface area contributed by atoms with Crippen LogP contribution in [0.1, 0.15) is 31.2 Å². The maximum Gasteiger partial charge on any atom is 0.221 e. The van der Waals surface area contributed by atoms with Gasteiger partial charge in [0.1, 0.15) is 0 Å². The van der Waals surface area contributed by atoms with Crippen LogP contribution in [0.2, 0.25) is 0 Å². The third-order valence-electron chi connectivity index (χ3n) is 4.23. The maximum absolute atomic E-state index is 11.1. The summed E-state index contributed by atoms with van der Waals surface area (Å²) in [5.41, 5.74) is 2.62. The summed E-state index contributed by atoms with van der Waals surface area (Å²) >= 11 is 0. The summed E-state index contributed by atoms with van der Waals surface area (Å²) < 4.78 is 0. The zero-order valence-corrected chi connectivity index (χ0v) is 11.9. The van der Waals surface area contributed by atoms with Crippen molar-refractivity contribution in [2.45, 2.75) is 38.3 Å². The van der Waals surface area contributed by atoms with E-state index in [0.29, 0.717) is 6.42 Å². The van der Waals surface area contributed by atoms with Crippen LogP contribution in [0, 0.1) is 0 Å². The van der Waals surface area contributed by atoms with Gasteiger partial charge in [0.05, 0.1) is 0 Å². The first-order valence-electron chi connectivity index (χ1n) is 7.65. The number of amides is 1. The first kappa shape index (κ1) is 13.4. The number of piperidine rings is 1. The van der Waals surface area contributed by atoms with Gasteiger partial charge in [-0.05, 0) is 37.0 Å². The van der Waals surface area contributed by atoms with Crippen LogP contribution in [0.15, 0.2) is 24.3 Å². The number of carbonyl (C=O) groups is 1. The third kappa shape index (κ3) is 3.31. The van der Waals surface area contributed by atoms with Gasteiger partial charge in [0.25, 0.3) is 0 Å². The lowest BCUT2D eigenvalue weighted by atomic mass is 10.1. The van der Waals surface area contributed by atoms with E-state index in [1.54, 1.807) is 0 Å². The zero-order chi connectivity index (χ0) is 13.8. The molecule has 2 aliphatic heterocycles. The monoisotopic (exact) mass is 273 g/mol. The molecule has 0 aromatic heterocycles. The van der Waals surface area contributed by atoms with Gasteiger partial charge in [-0.25, -0.2) is 0 Å². The summed E-state index contributed by atoms with van der Waals surface area (Å²) in [5, 5.41) is 6.28. The molecule has 2 aliphatic rings. The van der Waals surface area contributed by atoms with Crippen molar-refractivity contribution in [2.24, 2.45) is 0 Å². The lowest BCUT2D eigenvalue weighted by molar-refractivity contribution is -0.119. The highest BCUT2D eigenvalue weighted by Gasteiger charge is 2.20. The molecule has 3 rings (SSSR count). The van der Waals surface area contributed by atoms with E-state index in [4.69, 9.17) is 0 Å². The number of carbonyl (C=O) groups excluding carboxylic acids is 1. The average Bonchev–Trinajstić information content (AvgIpc) is 2.92. The lowest BCUT2D eigenvalue weighted by Gasteiger charge is -2.28. The second-order valence-electron chi connectivity index (χ2n) is 5.80. The number of rotatable bonds is 4. The quantitative estimate of drug-likeness (QED) is 0.877. The Balaban J connectivity index is 1.52. The number of benzene rings is 1. The largest absolute Gasteiger partial charge is 0.372 e. The summed E-state index contributed by atoms with van der Waals surface area (Å²) in [7, 11) is 0. The zero-order valence-electron chi connectivity index (χ0n) is 11.9. The van der Waals surface area contributed by atoms with Crippen LogP contribution < -0.4 is 15.5 Å². The van der Waals surface area contributed by atoms with Crippen molar-refractivity contribution in [1.82, 2.24) is 10.6 Å². The van der Waals surface area contributed by atoms with Crippen LogP contribution in [-0.4, -0.2) is 31.6 Å². The Morgan fingerprint density at radius 1 is 1.15 bits per heavy atom. The van der Waals surface area contributed by atoms with Gasteiger partial charge in [-0.1, -0.05) is 12.1 Å². The van der Waals surface area contributed by atoms with E-state index in [1.807, 2.05) is 0 Å². The summed E-state index contributed by atoms with van der Waals surface area (Å²) in [6.07, 6.45) is 4.59. The first-order valence-corrected chi connectivity index (χ1v) is 7.65. The van der Waals surface area contributed by atoms with Gasteiger partial charge < -0.3 is 15.5 Å². The molecule has 20 heavy (non-hydrogen) atoms. The highest BCUT2D eigenvalue weighted by Crippen LogP contribution is 2.20. The van der Waals surface area contributed by atoms with E-state index < -0.39 is 0 Å². The van der Waals surface area contributed by atoms with Crippen molar-refractivity contribution < 1.29 is 4.79 Å². The molecule has 1 amide bonds. The van der Waals surface area contributed by atoms with Crippen LogP contribution in [-0.2, 0) is 11.3 Å². The van der Waals surface area contributed by atoms with Crippen molar-refractivity contribution in [1.29, 1.82) is 0 Å². The number of hydrogen-bond acceptors (Lipinski definition) is 3. The van der Waals surface area contributed by atoms with Crippen LogP contribution in [0.5, 0.6) is 0 Å². The topological polar surface area (TPSA) is 44.4 Å². The smallest absolute Gasteiger partial charge is 0.221 e. The molecule has 0 radical (unpaired) electrons. The minimum atomic E-state index is 0.156. The lowest BCUT2D eigenvalue weighted by Crippen LogP contribution is -2.30. The van der Waals surface area contributed by atoms with E-state index >= 15 is 0 Å². The molecule has 2 fully saturated rings. The molecule has 4 nitrogen and oxygen atoms in total. The van der Waals surface area contributed by atoms with E-state index in [-0.39, 0.29) is 11.9 Å². The predicted molar refractivity (Wildman–Crippen MR) is 80.8 cm³/mol. The van der Waals surface area contributed by atoms with Gasteiger partial charge >= 0.3 is 0 Å². The molecule has 0 spiro atoms. The Labute approximate surface area is 120 Å². The average molecular weight is 273 g/mol. The number of nitrogens with one attached hydrogen (secondary N) is 2. The van der Waals surface area contributed by atoms with Crippen molar-refractivity contribution in [3.05, 3.63) is 29.8 Å². The summed E-state index contributed by atoms with van der Waals surface area (Å²) in [6, 6.07) is 9.12. The molecular formula is C16H23N3O. The number of nitrogens with zero attached hydrogens (tertiary/aromatic N) is 1. The molecule has 0 saturated carbocycles. The van der Waals surface area contributed by atoms with Crippen molar-refractivity contribution in [3.8, 4) is 0 Å².